The smallest absolute Gasteiger partial charge is 0.200 e. The second-order valence-corrected chi connectivity index (χ2v) is 21.3. The molecule has 0 fully saturated rings. The van der Waals surface area contributed by atoms with Gasteiger partial charge >= 0.3 is 0 Å². The molecule has 5 heterocycles. The van der Waals surface area contributed by atoms with Crippen molar-refractivity contribution in [3.8, 4) is 44.5 Å². The van der Waals surface area contributed by atoms with Gasteiger partial charge in [0.25, 0.3) is 0 Å². The monoisotopic (exact) mass is 1230 g/mol. The Morgan fingerprint density at radius 1 is 0.273 bits per heavy atom. The number of nitrogens with zero attached hydrogens (tertiary/aromatic N) is 2. The first-order valence-corrected chi connectivity index (χ1v) is 26.1. The summed E-state index contributed by atoms with van der Waals surface area (Å²) in [6.45, 7) is 0. The van der Waals surface area contributed by atoms with Crippen molar-refractivity contribution in [3.05, 3.63) is 258 Å². The van der Waals surface area contributed by atoms with Crippen molar-refractivity contribution in [2.45, 2.75) is 36.5 Å². The summed E-state index contributed by atoms with van der Waals surface area (Å²) in [6.07, 6.45) is 3.05. The lowest BCUT2D eigenvalue weighted by atomic mass is 9.51. The summed E-state index contributed by atoms with van der Waals surface area (Å²) in [5.41, 5.74) is -23.3. The maximum Gasteiger partial charge on any atom is 0.200 e. The van der Waals surface area contributed by atoms with Gasteiger partial charge in [-0.1, -0.05) is 72.8 Å². The molecule has 0 saturated carbocycles. The molecule has 9 aromatic rings. The lowest BCUT2D eigenvalue weighted by Crippen LogP contribution is -2.51. The van der Waals surface area contributed by atoms with Gasteiger partial charge in [-0.2, -0.15) is 0 Å². The van der Waals surface area contributed by atoms with Crippen LogP contribution in [0.25, 0.3) is 77.7 Å². The first-order valence-electron chi connectivity index (χ1n) is 26.1. The Morgan fingerprint density at radius 3 is 0.818 bits per heavy atom. The number of halogens is 20. The summed E-state index contributed by atoms with van der Waals surface area (Å²) in [7, 11) is 0. The molecule has 0 saturated heterocycles. The van der Waals surface area contributed by atoms with Crippen LogP contribution in [0.4, 0.5) is 87.8 Å². The number of aromatic amines is 2. The predicted molar refractivity (Wildman–Crippen MR) is 278 cm³/mol. The zero-order valence-electron chi connectivity index (χ0n) is 43.5. The molecule has 6 aromatic carbocycles. The summed E-state index contributed by atoms with van der Waals surface area (Å²) in [5, 5.41) is 0. The number of benzene rings is 6. The van der Waals surface area contributed by atoms with E-state index < -0.39 is 242 Å². The predicted octanol–water partition coefficient (Wildman–Crippen LogP) is 17.6. The van der Waals surface area contributed by atoms with Gasteiger partial charge in [0.2, 0.25) is 23.3 Å². The molecule has 2 N–H and O–H groups in total. The van der Waals surface area contributed by atoms with Gasteiger partial charge in [0.15, 0.2) is 93.1 Å². The van der Waals surface area contributed by atoms with Crippen LogP contribution < -0.4 is 0 Å². The van der Waals surface area contributed by atoms with Crippen molar-refractivity contribution in [3.63, 3.8) is 0 Å². The summed E-state index contributed by atoms with van der Waals surface area (Å²) < 4.78 is 325. The third-order valence-electron chi connectivity index (χ3n) is 17.0. The molecule has 0 spiro atoms. The van der Waals surface area contributed by atoms with Crippen molar-refractivity contribution in [1.29, 1.82) is 0 Å². The van der Waals surface area contributed by atoms with Crippen LogP contribution >= 0.6 is 0 Å². The molecule has 88 heavy (non-hydrogen) atoms. The number of H-pyrrole nitrogens is 2. The van der Waals surface area contributed by atoms with Gasteiger partial charge in [-0.15, -0.1) is 0 Å². The number of hydrogen-bond acceptors (Lipinski definition) is 2. The number of aromatic nitrogens is 4. The third-order valence-corrected chi connectivity index (χ3v) is 17.0. The van der Waals surface area contributed by atoms with Gasteiger partial charge in [-0.3, -0.25) is 4.98 Å². The highest BCUT2D eigenvalue weighted by Gasteiger charge is 2.61. The maximum absolute atomic E-state index is 17.2. The summed E-state index contributed by atoms with van der Waals surface area (Å²) >= 11 is 0. The van der Waals surface area contributed by atoms with E-state index in [9.17, 15) is 0 Å². The molecule has 3 aromatic heterocycles. The minimum atomic E-state index is -2.71. The Morgan fingerprint density at radius 2 is 0.523 bits per heavy atom. The molecule has 8 bridgehead atoms. The van der Waals surface area contributed by atoms with Crippen molar-refractivity contribution in [2.24, 2.45) is 0 Å². The average molecular weight is 1230 g/mol. The second kappa shape index (κ2) is 19.4. The summed E-state index contributed by atoms with van der Waals surface area (Å²) in [4.78, 5) is 14.4. The van der Waals surface area contributed by atoms with E-state index in [1.54, 1.807) is 0 Å². The van der Waals surface area contributed by atoms with Crippen LogP contribution in [0.2, 0.25) is 0 Å². The highest BCUT2D eigenvalue weighted by molar-refractivity contribution is 6.07. The fourth-order valence-electron chi connectivity index (χ4n) is 13.1. The molecule has 0 radical (unpaired) electrons. The van der Waals surface area contributed by atoms with Crippen LogP contribution in [0.15, 0.2) is 97.1 Å². The quantitative estimate of drug-likeness (QED) is 0.105. The molecular formula is C64H26F20N4. The van der Waals surface area contributed by atoms with E-state index in [2.05, 4.69) is 15.0 Å². The topological polar surface area (TPSA) is 57.4 Å². The van der Waals surface area contributed by atoms with Gasteiger partial charge in [0.1, 0.15) is 0 Å². The SMILES string of the molecule is Fc1c(F)c(F)c(-c2c3nc(c(-c4c(F)c(F)c(F)c(F)c4F)c4ccc([nH]4)c(-c4c(F)c(F)c(F)c(F)c4F)c4nc(c(-c5c(F)c(F)c(F)c(F)c5F)c5ccc2[nH]5)C25C=CC=CC42Cc2ccccc2C5)C2=C3Cc3ccccc3C2)c(F)c1F. The normalized spacial score (nSPS) is 17.3. The van der Waals surface area contributed by atoms with E-state index in [1.165, 1.54) is 72.8 Å². The van der Waals surface area contributed by atoms with Crippen molar-refractivity contribution < 1.29 is 87.8 Å². The van der Waals surface area contributed by atoms with Gasteiger partial charge in [-0.05, 0) is 70.5 Å². The van der Waals surface area contributed by atoms with Gasteiger partial charge in [0, 0.05) is 57.2 Å². The first kappa shape index (κ1) is 56.1. The van der Waals surface area contributed by atoms with Crippen LogP contribution in [0.3, 0.4) is 0 Å². The Kier molecular flexibility index (Phi) is 12.4. The van der Waals surface area contributed by atoms with Gasteiger partial charge in [0.05, 0.1) is 55.9 Å². The minimum Gasteiger partial charge on any atom is -0.354 e. The molecule has 2 atom stereocenters. The van der Waals surface area contributed by atoms with E-state index in [0.29, 0.717) is 22.3 Å². The number of fused-ring (bicyclic) bond motifs is 12. The second-order valence-electron chi connectivity index (χ2n) is 21.3. The van der Waals surface area contributed by atoms with Gasteiger partial charge in [-0.25, -0.2) is 92.8 Å². The number of hydrogen-bond donors (Lipinski definition) is 2. The number of rotatable bonds is 4. The van der Waals surface area contributed by atoms with Crippen LogP contribution in [-0.2, 0) is 36.5 Å². The lowest BCUT2D eigenvalue weighted by Gasteiger charge is -2.49. The van der Waals surface area contributed by atoms with Crippen molar-refractivity contribution >= 4 is 33.2 Å². The molecule has 5 aliphatic rings. The van der Waals surface area contributed by atoms with E-state index >= 15 is 87.8 Å². The fourth-order valence-corrected chi connectivity index (χ4v) is 13.1. The molecule has 442 valence electrons. The van der Waals surface area contributed by atoms with Crippen LogP contribution in [-0.4, -0.2) is 19.9 Å². The largest absolute Gasteiger partial charge is 0.354 e. The minimum absolute atomic E-state index is 0.311. The van der Waals surface area contributed by atoms with E-state index in [0.717, 1.165) is 24.3 Å². The summed E-state index contributed by atoms with van der Waals surface area (Å²) in [6, 6.07) is 15.0. The zero-order valence-corrected chi connectivity index (χ0v) is 43.5. The molecule has 4 nitrogen and oxygen atoms in total. The Labute approximate surface area is 479 Å². The highest BCUT2D eigenvalue weighted by atomic mass is 19.2. The standard InChI is InChI=1S/C64H26F20N4/c65-39-35(40(66)48(74)55(81)47(39)73)31-27-11-13-29(85-27)33(37-43(69)51(77)57(83)52(78)44(37)70)61-63-15-5-6-16-64(63,20-24-10-4-3-9-23(24)19-63)62(88-61)34(38-45(71)53(79)58(84)54(80)46(38)72)30-14-12-28(86-30)32(36-41(67)49(75)56(82)50(76)42(36)68)60-26-18-22-8-2-1-7-21(22)17-25(26)59(31)87-60/h1-16,85-86H,17-20H2. The van der Waals surface area contributed by atoms with E-state index in [4.69, 9.17) is 4.98 Å². The van der Waals surface area contributed by atoms with Crippen LogP contribution in [0.1, 0.15) is 45.0 Å². The first-order chi connectivity index (χ1) is 41.9. The highest BCUT2D eigenvalue weighted by Crippen LogP contribution is 2.62. The molecular weight excluding hydrogens is 1200 g/mol. The van der Waals surface area contributed by atoms with E-state index in [1.807, 2.05) is 0 Å². The molecule has 3 aliphatic carbocycles. The zero-order chi connectivity index (χ0) is 62.2. The van der Waals surface area contributed by atoms with Crippen LogP contribution in [0.5, 0.6) is 0 Å². The van der Waals surface area contributed by atoms with E-state index in [-0.39, 0.29) is 11.1 Å². The Bertz CT molecular complexity index is 4600. The lowest BCUT2D eigenvalue weighted by molar-refractivity contribution is 0.317. The van der Waals surface area contributed by atoms with Crippen molar-refractivity contribution in [1.82, 2.24) is 19.9 Å². The fraction of sp³-hybridized carbons (Fsp3) is 0.0938. The van der Waals surface area contributed by atoms with Crippen LogP contribution in [0, 0.1) is 116 Å². The molecule has 14 rings (SSSR count). The Hall–Kier alpha value is -9.74. The average Bonchev–Trinajstić information content (AvgIpc) is 1.48. The van der Waals surface area contributed by atoms with Gasteiger partial charge < -0.3 is 9.97 Å². The Balaban J connectivity index is 1.33. The third kappa shape index (κ3) is 7.36. The molecule has 2 aliphatic heterocycles. The molecule has 2 unspecified atom stereocenters. The summed E-state index contributed by atoms with van der Waals surface area (Å²) in [5.74, 6) is -52.4. The number of nitrogens with one attached hydrogen (secondary N) is 2. The molecule has 0 amide bonds. The van der Waals surface area contributed by atoms with Crippen molar-refractivity contribution in [2.75, 3.05) is 0 Å². The number of allylic oxidation sites excluding steroid dienone is 6. The molecule has 24 heteroatoms. The maximum atomic E-state index is 17.2.